The van der Waals surface area contributed by atoms with Gasteiger partial charge in [-0.3, -0.25) is 4.79 Å². The van der Waals surface area contributed by atoms with E-state index in [1.54, 1.807) is 7.11 Å². The molecule has 1 rings (SSSR count). The van der Waals surface area contributed by atoms with Crippen molar-refractivity contribution >= 4 is 34.2 Å². The molecule has 17 heavy (non-hydrogen) atoms. The molecular formula is C11H20N2O2S2. The Kier molecular flexibility index (Phi) is 6.84. The summed E-state index contributed by atoms with van der Waals surface area (Å²) in [5, 5.41) is 2.86. The maximum absolute atomic E-state index is 11.6. The second-order valence-electron chi connectivity index (χ2n) is 4.17. The van der Waals surface area contributed by atoms with E-state index in [1.807, 2.05) is 6.92 Å². The van der Waals surface area contributed by atoms with Crippen LogP contribution in [-0.2, 0) is 9.53 Å². The van der Waals surface area contributed by atoms with E-state index in [1.165, 1.54) is 24.6 Å². The Morgan fingerprint density at radius 1 is 1.53 bits per heavy atom. The minimum Gasteiger partial charge on any atom is -0.383 e. The van der Waals surface area contributed by atoms with E-state index in [0.29, 0.717) is 12.4 Å². The number of carbonyl (C=O) groups is 1. The molecule has 0 radical (unpaired) electrons. The van der Waals surface area contributed by atoms with Crippen molar-refractivity contribution in [2.24, 2.45) is 0 Å². The molecule has 1 aliphatic rings. The Morgan fingerprint density at radius 3 is 2.76 bits per heavy atom. The number of hydrogen-bond donors (Lipinski definition) is 1. The molecule has 6 heteroatoms. The second-order valence-corrected chi connectivity index (χ2v) is 5.78. The summed E-state index contributed by atoms with van der Waals surface area (Å²) in [4.78, 5) is 13.8. The summed E-state index contributed by atoms with van der Waals surface area (Å²) in [7, 11) is 1.62. The van der Waals surface area contributed by atoms with Crippen molar-refractivity contribution in [2.75, 3.05) is 32.6 Å². The number of ether oxygens (including phenoxy) is 1. The lowest BCUT2D eigenvalue weighted by atomic mass is 10.3. The standard InChI is InChI=1S/C11H20N2O2S2/c1-9(7-15-2)12-10(14)8-17-11(16)13-5-3-4-6-13/h9H,3-8H2,1-2H3,(H,12,14). The predicted octanol–water partition coefficient (Wildman–Crippen LogP) is 1.25. The van der Waals surface area contributed by atoms with Gasteiger partial charge in [-0.15, -0.1) is 0 Å². The first-order chi connectivity index (χ1) is 8.13. The predicted molar refractivity (Wildman–Crippen MR) is 75.3 cm³/mol. The lowest BCUT2D eigenvalue weighted by Gasteiger charge is -2.18. The van der Waals surface area contributed by atoms with E-state index in [0.717, 1.165) is 17.4 Å². The number of amides is 1. The summed E-state index contributed by atoms with van der Waals surface area (Å²) in [6.45, 7) is 4.53. The highest BCUT2D eigenvalue weighted by Gasteiger charge is 2.16. The lowest BCUT2D eigenvalue weighted by molar-refractivity contribution is -0.119. The molecule has 98 valence electrons. The van der Waals surface area contributed by atoms with Crippen LogP contribution < -0.4 is 5.32 Å². The van der Waals surface area contributed by atoms with Crippen LogP contribution >= 0.6 is 24.0 Å². The summed E-state index contributed by atoms with van der Waals surface area (Å²) in [6.07, 6.45) is 2.41. The molecule has 1 amide bonds. The highest BCUT2D eigenvalue weighted by Crippen LogP contribution is 2.15. The Balaban J connectivity index is 2.16. The molecule has 1 fully saturated rings. The van der Waals surface area contributed by atoms with Crippen molar-refractivity contribution in [3.8, 4) is 0 Å². The maximum atomic E-state index is 11.6. The number of likely N-dealkylation sites (tertiary alicyclic amines) is 1. The molecule has 0 aromatic heterocycles. The molecule has 0 saturated carbocycles. The molecule has 1 aliphatic heterocycles. The molecule has 0 aromatic rings. The Labute approximate surface area is 112 Å². The zero-order valence-corrected chi connectivity index (χ0v) is 12.0. The molecule has 1 unspecified atom stereocenters. The number of carbonyl (C=O) groups excluding carboxylic acids is 1. The summed E-state index contributed by atoms with van der Waals surface area (Å²) < 4.78 is 5.80. The summed E-state index contributed by atoms with van der Waals surface area (Å²) in [5.74, 6) is 0.407. The van der Waals surface area contributed by atoms with Crippen LogP contribution in [0.2, 0.25) is 0 Å². The zero-order valence-electron chi connectivity index (χ0n) is 10.4. The van der Waals surface area contributed by atoms with E-state index in [4.69, 9.17) is 17.0 Å². The van der Waals surface area contributed by atoms with Crippen LogP contribution in [0.4, 0.5) is 0 Å². The number of nitrogens with zero attached hydrogens (tertiary/aromatic N) is 1. The number of thiocarbonyl (C=S) groups is 1. The van der Waals surface area contributed by atoms with E-state index in [9.17, 15) is 4.79 Å². The third-order valence-corrected chi connectivity index (χ3v) is 4.04. The Morgan fingerprint density at radius 2 is 2.18 bits per heavy atom. The van der Waals surface area contributed by atoms with E-state index in [2.05, 4.69) is 10.2 Å². The van der Waals surface area contributed by atoms with Gasteiger partial charge in [0.1, 0.15) is 4.32 Å². The van der Waals surface area contributed by atoms with Crippen LogP contribution in [0, 0.1) is 0 Å². The Bertz CT molecular complexity index is 268. The zero-order chi connectivity index (χ0) is 12.7. The van der Waals surface area contributed by atoms with Gasteiger partial charge in [0.2, 0.25) is 5.91 Å². The van der Waals surface area contributed by atoms with Crippen LogP contribution in [0.15, 0.2) is 0 Å². The summed E-state index contributed by atoms with van der Waals surface area (Å²) >= 11 is 6.73. The largest absolute Gasteiger partial charge is 0.383 e. The fraction of sp³-hybridized carbons (Fsp3) is 0.818. The SMILES string of the molecule is COCC(C)NC(=O)CSC(=S)N1CCCC1. The van der Waals surface area contributed by atoms with Crippen molar-refractivity contribution in [3.63, 3.8) is 0 Å². The molecule has 1 heterocycles. The summed E-state index contributed by atoms with van der Waals surface area (Å²) in [5.41, 5.74) is 0. The van der Waals surface area contributed by atoms with Crippen molar-refractivity contribution < 1.29 is 9.53 Å². The van der Waals surface area contributed by atoms with Crippen molar-refractivity contribution in [1.29, 1.82) is 0 Å². The van der Waals surface area contributed by atoms with Gasteiger partial charge in [0.25, 0.3) is 0 Å². The first kappa shape index (κ1) is 14.7. The van der Waals surface area contributed by atoms with Crippen LogP contribution in [0.25, 0.3) is 0 Å². The molecule has 1 N–H and O–H groups in total. The maximum Gasteiger partial charge on any atom is 0.230 e. The highest BCUT2D eigenvalue weighted by molar-refractivity contribution is 8.23. The number of nitrogens with one attached hydrogen (secondary N) is 1. The van der Waals surface area contributed by atoms with Crippen LogP contribution in [-0.4, -0.2) is 53.7 Å². The number of methoxy groups -OCH3 is 1. The third kappa shape index (κ3) is 5.70. The van der Waals surface area contributed by atoms with E-state index in [-0.39, 0.29) is 11.9 Å². The molecule has 0 aromatic carbocycles. The average molecular weight is 276 g/mol. The molecule has 0 spiro atoms. The van der Waals surface area contributed by atoms with Gasteiger partial charge < -0.3 is 15.0 Å². The van der Waals surface area contributed by atoms with Gasteiger partial charge in [0.15, 0.2) is 0 Å². The molecule has 1 atom stereocenters. The molecular weight excluding hydrogens is 256 g/mol. The monoisotopic (exact) mass is 276 g/mol. The second kappa shape index (κ2) is 7.89. The first-order valence-electron chi connectivity index (χ1n) is 5.83. The normalized spacial score (nSPS) is 16.9. The minimum absolute atomic E-state index is 0.0149. The van der Waals surface area contributed by atoms with Gasteiger partial charge >= 0.3 is 0 Å². The van der Waals surface area contributed by atoms with Gasteiger partial charge in [-0.2, -0.15) is 0 Å². The van der Waals surface area contributed by atoms with Crippen molar-refractivity contribution in [2.45, 2.75) is 25.8 Å². The first-order valence-corrected chi connectivity index (χ1v) is 7.23. The van der Waals surface area contributed by atoms with E-state index < -0.39 is 0 Å². The van der Waals surface area contributed by atoms with Crippen molar-refractivity contribution in [3.05, 3.63) is 0 Å². The molecule has 0 aliphatic carbocycles. The number of hydrogen-bond acceptors (Lipinski definition) is 4. The van der Waals surface area contributed by atoms with Crippen molar-refractivity contribution in [1.82, 2.24) is 10.2 Å². The van der Waals surface area contributed by atoms with Crippen LogP contribution in [0.1, 0.15) is 19.8 Å². The lowest BCUT2D eigenvalue weighted by Crippen LogP contribution is -2.37. The molecule has 4 nitrogen and oxygen atoms in total. The van der Waals surface area contributed by atoms with Gasteiger partial charge in [-0.05, 0) is 19.8 Å². The summed E-state index contributed by atoms with van der Waals surface area (Å²) in [6, 6.07) is 0.0495. The van der Waals surface area contributed by atoms with Crippen LogP contribution in [0.5, 0.6) is 0 Å². The van der Waals surface area contributed by atoms with Gasteiger partial charge in [0, 0.05) is 26.2 Å². The van der Waals surface area contributed by atoms with E-state index >= 15 is 0 Å². The minimum atomic E-state index is 0.0149. The highest BCUT2D eigenvalue weighted by atomic mass is 32.2. The Hall–Kier alpha value is -0.330. The molecule has 0 bridgehead atoms. The average Bonchev–Trinajstić information content (AvgIpc) is 2.79. The van der Waals surface area contributed by atoms with Gasteiger partial charge in [0.05, 0.1) is 12.4 Å². The van der Waals surface area contributed by atoms with Gasteiger partial charge in [-0.25, -0.2) is 0 Å². The van der Waals surface area contributed by atoms with Crippen LogP contribution in [0.3, 0.4) is 0 Å². The fourth-order valence-electron chi connectivity index (χ4n) is 1.73. The van der Waals surface area contributed by atoms with Gasteiger partial charge in [-0.1, -0.05) is 24.0 Å². The topological polar surface area (TPSA) is 41.6 Å². The number of rotatable bonds is 5. The number of thioether (sulfide) groups is 1. The quantitative estimate of drug-likeness (QED) is 0.766. The third-order valence-electron chi connectivity index (χ3n) is 2.52. The molecule has 1 saturated heterocycles. The smallest absolute Gasteiger partial charge is 0.230 e. The fourth-order valence-corrected chi connectivity index (χ4v) is 2.79.